The van der Waals surface area contributed by atoms with E-state index in [0.29, 0.717) is 24.2 Å². The van der Waals surface area contributed by atoms with Crippen LogP contribution in [0.3, 0.4) is 0 Å². The first-order valence-electron chi connectivity index (χ1n) is 17.3. The van der Waals surface area contributed by atoms with Gasteiger partial charge in [0.15, 0.2) is 0 Å². The Hall–Kier alpha value is -4.12. The lowest BCUT2D eigenvalue weighted by atomic mass is 9.90. The highest BCUT2D eigenvalue weighted by atomic mass is 15.0. The molecule has 0 saturated heterocycles. The monoisotopic (exact) mass is 608 g/mol. The molecule has 0 aliphatic heterocycles. The van der Waals surface area contributed by atoms with Crippen molar-refractivity contribution in [3.05, 3.63) is 142 Å². The van der Waals surface area contributed by atoms with Gasteiger partial charge in [0, 0.05) is 57.4 Å². The van der Waals surface area contributed by atoms with E-state index in [1.54, 1.807) is 0 Å². The Balaban J connectivity index is 0.000000147. The summed E-state index contributed by atoms with van der Waals surface area (Å²) >= 11 is 0. The molecule has 0 bridgehead atoms. The Kier molecular flexibility index (Phi) is 8.84. The molecule has 236 valence electrons. The van der Waals surface area contributed by atoms with E-state index in [0.717, 1.165) is 0 Å². The van der Waals surface area contributed by atoms with Gasteiger partial charge in [-0.25, -0.2) is 0 Å². The van der Waals surface area contributed by atoms with E-state index in [1.807, 2.05) is 0 Å². The molecule has 0 unspecified atom stereocenters. The first-order chi connectivity index (χ1) is 22.4. The topological polar surface area (TPSA) is 55.6 Å². The number of aromatic nitrogens is 2. The van der Waals surface area contributed by atoms with E-state index in [1.165, 1.54) is 105 Å². The first kappa shape index (κ1) is 30.5. The maximum absolute atomic E-state index is 3.84. The van der Waals surface area contributed by atoms with Crippen molar-refractivity contribution in [2.24, 2.45) is 0 Å². The molecule has 6 aromatic rings. The molecule has 4 nitrogen and oxygen atoms in total. The van der Waals surface area contributed by atoms with Crippen molar-refractivity contribution in [1.82, 2.24) is 20.6 Å². The molecule has 8 rings (SSSR count). The molecule has 0 amide bonds. The molecular formula is C42H48N4. The van der Waals surface area contributed by atoms with Gasteiger partial charge in [0.25, 0.3) is 0 Å². The zero-order valence-electron chi connectivity index (χ0n) is 27.8. The number of hydrogen-bond donors (Lipinski definition) is 4. The predicted molar refractivity (Wildman–Crippen MR) is 193 cm³/mol. The van der Waals surface area contributed by atoms with Crippen LogP contribution in [0.15, 0.2) is 97.1 Å². The third-order valence-corrected chi connectivity index (χ3v) is 10.2. The van der Waals surface area contributed by atoms with E-state index in [4.69, 9.17) is 0 Å². The van der Waals surface area contributed by atoms with E-state index in [9.17, 15) is 0 Å². The lowest BCUT2D eigenvalue weighted by Crippen LogP contribution is -2.27. The van der Waals surface area contributed by atoms with Crippen LogP contribution in [-0.2, 0) is 12.8 Å². The number of aromatic amines is 2. The Morgan fingerprint density at radius 3 is 1.39 bits per heavy atom. The van der Waals surface area contributed by atoms with Crippen molar-refractivity contribution in [3.8, 4) is 0 Å². The number of hydrogen-bond acceptors (Lipinski definition) is 2. The zero-order chi connectivity index (χ0) is 31.6. The molecule has 4 aromatic carbocycles. The number of nitrogens with one attached hydrogen (secondary N) is 4. The highest BCUT2D eigenvalue weighted by Gasteiger charge is 2.27. The van der Waals surface area contributed by atoms with E-state index < -0.39 is 0 Å². The van der Waals surface area contributed by atoms with E-state index in [-0.39, 0.29) is 0 Å². The number of rotatable bonds is 6. The van der Waals surface area contributed by atoms with Crippen LogP contribution >= 0.6 is 0 Å². The third kappa shape index (κ3) is 6.29. The van der Waals surface area contributed by atoms with Gasteiger partial charge in [-0.1, -0.05) is 83.9 Å². The van der Waals surface area contributed by atoms with Gasteiger partial charge in [0.2, 0.25) is 0 Å². The van der Waals surface area contributed by atoms with Gasteiger partial charge in [-0.2, -0.15) is 0 Å². The van der Waals surface area contributed by atoms with Crippen molar-refractivity contribution in [2.45, 2.75) is 90.4 Å². The lowest BCUT2D eigenvalue weighted by molar-refractivity contribution is 0.410. The Morgan fingerprint density at radius 1 is 0.565 bits per heavy atom. The lowest BCUT2D eigenvalue weighted by Gasteiger charge is -2.27. The van der Waals surface area contributed by atoms with Crippen LogP contribution in [0.2, 0.25) is 0 Å². The Labute approximate surface area is 274 Å². The van der Waals surface area contributed by atoms with Crippen molar-refractivity contribution < 1.29 is 0 Å². The average molecular weight is 609 g/mol. The molecule has 0 saturated carbocycles. The molecule has 0 radical (unpaired) electrons. The predicted octanol–water partition coefficient (Wildman–Crippen LogP) is 10.4. The highest BCUT2D eigenvalue weighted by molar-refractivity contribution is 5.86. The summed E-state index contributed by atoms with van der Waals surface area (Å²) in [6.45, 7) is 8.87. The second kappa shape index (κ2) is 13.3. The average Bonchev–Trinajstić information content (AvgIpc) is 3.65. The third-order valence-electron chi connectivity index (χ3n) is 10.2. The SMILES string of the molecule is Cc1ccc2[nH]c3c(c2c1)CCC[C@@H]3N[C@@H](C)c1ccccc1.Cc1ccc2[nH]c3c(c2c1)CCC[C@H]3N[C@H](C)c1ccccc1. The standard InChI is InChI=1S/2C21H24N2/c2*1-14-11-12-19-18(13-14)17-9-6-10-20(21(17)23-19)22-15(2)16-7-4-3-5-8-16/h2*3-5,7-8,11-13,15,20,22-23H,6,9-10H2,1-2H3/t2*15-,20-/m10/s1. The second-order valence-corrected chi connectivity index (χ2v) is 13.6. The Morgan fingerprint density at radius 2 is 0.978 bits per heavy atom. The van der Waals surface area contributed by atoms with Gasteiger partial charge in [-0.3, -0.25) is 0 Å². The van der Waals surface area contributed by atoms with Gasteiger partial charge in [-0.15, -0.1) is 0 Å². The van der Waals surface area contributed by atoms with Crippen molar-refractivity contribution in [1.29, 1.82) is 0 Å². The maximum Gasteiger partial charge on any atom is 0.0480 e. The van der Waals surface area contributed by atoms with Crippen LogP contribution in [0.25, 0.3) is 21.8 Å². The van der Waals surface area contributed by atoms with Crippen LogP contribution in [0.4, 0.5) is 0 Å². The van der Waals surface area contributed by atoms with Crippen LogP contribution in [0, 0.1) is 13.8 Å². The molecular weight excluding hydrogens is 560 g/mol. The molecule has 4 heteroatoms. The summed E-state index contributed by atoms with van der Waals surface area (Å²) in [7, 11) is 0. The van der Waals surface area contributed by atoms with Crippen LogP contribution in [0.5, 0.6) is 0 Å². The van der Waals surface area contributed by atoms with Crippen LogP contribution in [-0.4, -0.2) is 9.97 Å². The van der Waals surface area contributed by atoms with Crippen molar-refractivity contribution in [3.63, 3.8) is 0 Å². The van der Waals surface area contributed by atoms with Crippen LogP contribution in [0.1, 0.15) is 108 Å². The van der Waals surface area contributed by atoms with Gasteiger partial charge >= 0.3 is 0 Å². The smallest absolute Gasteiger partial charge is 0.0480 e. The molecule has 2 aromatic heterocycles. The minimum Gasteiger partial charge on any atom is -0.357 e. The number of H-pyrrole nitrogens is 2. The Bertz CT molecular complexity index is 1770. The second-order valence-electron chi connectivity index (χ2n) is 13.6. The first-order valence-corrected chi connectivity index (χ1v) is 17.3. The van der Waals surface area contributed by atoms with E-state index >= 15 is 0 Å². The summed E-state index contributed by atoms with van der Waals surface area (Å²) in [5.41, 5.74) is 13.8. The number of benzene rings is 4. The van der Waals surface area contributed by atoms with Crippen molar-refractivity contribution >= 4 is 21.8 Å². The minimum absolute atomic E-state index is 0.361. The fourth-order valence-electron chi connectivity index (χ4n) is 7.77. The maximum atomic E-state index is 3.84. The number of fused-ring (bicyclic) bond motifs is 6. The van der Waals surface area contributed by atoms with E-state index in [2.05, 4.69) is 145 Å². The molecule has 0 spiro atoms. The van der Waals surface area contributed by atoms with Crippen molar-refractivity contribution in [2.75, 3.05) is 0 Å². The molecule has 0 fully saturated rings. The van der Waals surface area contributed by atoms with Gasteiger partial charge in [-0.05, 0) is 113 Å². The number of aryl methyl sites for hydroxylation is 4. The zero-order valence-corrected chi connectivity index (χ0v) is 27.8. The summed E-state index contributed by atoms with van der Waals surface area (Å²) in [5, 5.41) is 10.5. The molecule has 4 atom stereocenters. The molecule has 2 heterocycles. The van der Waals surface area contributed by atoms with Gasteiger partial charge < -0.3 is 20.6 Å². The summed E-state index contributed by atoms with van der Waals surface area (Å²) in [6.07, 6.45) is 7.31. The highest BCUT2D eigenvalue weighted by Crippen LogP contribution is 2.37. The van der Waals surface area contributed by atoms with Gasteiger partial charge in [0.1, 0.15) is 0 Å². The normalized spacial score (nSPS) is 18.8. The quantitative estimate of drug-likeness (QED) is 0.152. The van der Waals surface area contributed by atoms with Gasteiger partial charge in [0.05, 0.1) is 0 Å². The van der Waals surface area contributed by atoms with Crippen LogP contribution < -0.4 is 10.6 Å². The summed E-state index contributed by atoms with van der Waals surface area (Å²) < 4.78 is 0. The molecule has 4 N–H and O–H groups in total. The summed E-state index contributed by atoms with van der Waals surface area (Å²) in [4.78, 5) is 7.38. The fourth-order valence-corrected chi connectivity index (χ4v) is 7.77. The summed E-state index contributed by atoms with van der Waals surface area (Å²) in [5.74, 6) is 0. The molecule has 2 aliphatic carbocycles. The fraction of sp³-hybridized carbons (Fsp3) is 0.333. The summed E-state index contributed by atoms with van der Waals surface area (Å²) in [6, 6.07) is 36.5. The molecule has 2 aliphatic rings. The minimum atomic E-state index is 0.361. The molecule has 46 heavy (non-hydrogen) atoms. The largest absolute Gasteiger partial charge is 0.357 e.